The number of hydrogen-bond acceptors (Lipinski definition) is 3. The molecule has 0 unspecified atom stereocenters. The first-order valence-electron chi connectivity index (χ1n) is 6.86. The highest BCUT2D eigenvalue weighted by atomic mass is 16.2. The topological polar surface area (TPSA) is 70.2 Å². The van der Waals surface area contributed by atoms with E-state index < -0.39 is 0 Å². The van der Waals surface area contributed by atoms with Gasteiger partial charge in [-0.25, -0.2) is 0 Å². The van der Waals surface area contributed by atoms with Crippen LogP contribution in [0.3, 0.4) is 0 Å². The summed E-state index contributed by atoms with van der Waals surface area (Å²) < 4.78 is 0. The van der Waals surface area contributed by atoms with Crippen molar-refractivity contribution in [1.29, 1.82) is 0 Å². The Kier molecular flexibility index (Phi) is 7.35. The van der Waals surface area contributed by atoms with Crippen LogP contribution >= 0.6 is 0 Å². The lowest BCUT2D eigenvalue weighted by Gasteiger charge is -2.14. The summed E-state index contributed by atoms with van der Waals surface area (Å²) in [6.07, 6.45) is 1.83. The highest BCUT2D eigenvalue weighted by Crippen LogP contribution is 2.04. The lowest BCUT2D eigenvalue weighted by Crippen LogP contribution is -2.41. The Morgan fingerprint density at radius 1 is 1.10 bits per heavy atom. The minimum absolute atomic E-state index is 0.0885. The van der Waals surface area contributed by atoms with Gasteiger partial charge in [0, 0.05) is 13.1 Å². The molecule has 1 aromatic rings. The fourth-order valence-electron chi connectivity index (χ4n) is 1.80. The van der Waals surface area contributed by atoms with Crippen LogP contribution in [-0.2, 0) is 16.0 Å². The predicted molar refractivity (Wildman–Crippen MR) is 79.3 cm³/mol. The smallest absolute Gasteiger partial charge is 0.234 e. The number of amides is 2. The predicted octanol–water partition coefficient (Wildman–Crippen LogP) is 0.460. The average Bonchev–Trinajstić information content (AvgIpc) is 2.46. The third kappa shape index (κ3) is 6.89. The second-order valence-corrected chi connectivity index (χ2v) is 4.77. The summed E-state index contributed by atoms with van der Waals surface area (Å²) in [6.45, 7) is 2.30. The maximum Gasteiger partial charge on any atom is 0.234 e. The van der Waals surface area contributed by atoms with Crippen molar-refractivity contribution in [1.82, 2.24) is 16.0 Å². The molecule has 20 heavy (non-hydrogen) atoms. The van der Waals surface area contributed by atoms with Gasteiger partial charge >= 0.3 is 0 Å². The minimum atomic E-state index is -0.130. The summed E-state index contributed by atoms with van der Waals surface area (Å²) in [5.41, 5.74) is 1.27. The average molecular weight is 277 g/mol. The van der Waals surface area contributed by atoms with Gasteiger partial charge in [0.1, 0.15) is 0 Å². The second kappa shape index (κ2) is 9.09. The molecule has 0 spiro atoms. The van der Waals surface area contributed by atoms with E-state index in [0.717, 1.165) is 12.8 Å². The van der Waals surface area contributed by atoms with Crippen LogP contribution in [0.25, 0.3) is 0 Å². The maximum atomic E-state index is 11.6. The number of aryl methyl sites for hydroxylation is 1. The summed E-state index contributed by atoms with van der Waals surface area (Å²) >= 11 is 0. The van der Waals surface area contributed by atoms with Crippen molar-refractivity contribution >= 4 is 11.8 Å². The first-order valence-corrected chi connectivity index (χ1v) is 6.86. The molecule has 0 radical (unpaired) electrons. The number of carbonyl (C=O) groups is 2. The Balaban J connectivity index is 2.16. The molecule has 5 heteroatoms. The summed E-state index contributed by atoms with van der Waals surface area (Å²) in [7, 11) is 1.57. The monoisotopic (exact) mass is 277 g/mol. The van der Waals surface area contributed by atoms with Gasteiger partial charge in [-0.05, 0) is 25.3 Å². The Bertz CT molecular complexity index is 420. The molecular weight excluding hydrogens is 254 g/mol. The molecule has 0 saturated heterocycles. The Morgan fingerprint density at radius 3 is 2.40 bits per heavy atom. The second-order valence-electron chi connectivity index (χ2n) is 4.77. The lowest BCUT2D eigenvalue weighted by molar-refractivity contribution is -0.121. The van der Waals surface area contributed by atoms with E-state index in [1.807, 2.05) is 25.1 Å². The summed E-state index contributed by atoms with van der Waals surface area (Å²) in [4.78, 5) is 22.6. The summed E-state index contributed by atoms with van der Waals surface area (Å²) in [5.74, 6) is -0.218. The van der Waals surface area contributed by atoms with Crippen LogP contribution in [0.4, 0.5) is 0 Å². The van der Waals surface area contributed by atoms with Gasteiger partial charge in [0.2, 0.25) is 11.8 Å². The van der Waals surface area contributed by atoms with E-state index in [9.17, 15) is 9.59 Å². The van der Waals surface area contributed by atoms with Crippen molar-refractivity contribution in [3.8, 4) is 0 Å². The Labute approximate surface area is 120 Å². The van der Waals surface area contributed by atoms with E-state index in [-0.39, 0.29) is 30.9 Å². The maximum absolute atomic E-state index is 11.6. The number of hydrogen-bond donors (Lipinski definition) is 3. The molecule has 0 fully saturated rings. The molecule has 0 bridgehead atoms. The number of carbonyl (C=O) groups excluding carboxylic acids is 2. The van der Waals surface area contributed by atoms with Gasteiger partial charge in [-0.3, -0.25) is 14.9 Å². The fraction of sp³-hybridized carbons (Fsp3) is 0.467. The van der Waals surface area contributed by atoms with Crippen LogP contribution in [0.5, 0.6) is 0 Å². The molecule has 110 valence electrons. The van der Waals surface area contributed by atoms with Gasteiger partial charge in [-0.15, -0.1) is 0 Å². The van der Waals surface area contributed by atoms with Crippen molar-refractivity contribution in [3.05, 3.63) is 35.9 Å². The molecule has 0 aliphatic rings. The van der Waals surface area contributed by atoms with E-state index in [4.69, 9.17) is 0 Å². The number of likely N-dealkylation sites (N-methyl/N-ethyl adjacent to an activating group) is 1. The molecule has 2 amide bonds. The number of rotatable bonds is 8. The van der Waals surface area contributed by atoms with Gasteiger partial charge in [-0.2, -0.15) is 0 Å². The van der Waals surface area contributed by atoms with Crippen LogP contribution in [0, 0.1) is 0 Å². The molecule has 0 saturated carbocycles. The SMILES string of the molecule is CNC(=O)CNCC(=O)N[C@@H](C)CCc1ccccc1. The molecule has 0 aliphatic heterocycles. The summed E-state index contributed by atoms with van der Waals surface area (Å²) in [6, 6.07) is 10.3. The van der Waals surface area contributed by atoms with Gasteiger partial charge in [-0.1, -0.05) is 30.3 Å². The van der Waals surface area contributed by atoms with E-state index in [2.05, 4.69) is 28.1 Å². The van der Waals surface area contributed by atoms with Crippen LogP contribution < -0.4 is 16.0 Å². The van der Waals surface area contributed by atoms with Crippen LogP contribution in [-0.4, -0.2) is 38.0 Å². The van der Waals surface area contributed by atoms with Crippen LogP contribution in [0.1, 0.15) is 18.9 Å². The minimum Gasteiger partial charge on any atom is -0.358 e. The number of nitrogens with one attached hydrogen (secondary N) is 3. The first-order chi connectivity index (χ1) is 9.61. The zero-order chi connectivity index (χ0) is 14.8. The van der Waals surface area contributed by atoms with Crippen LogP contribution in [0.2, 0.25) is 0 Å². The highest BCUT2D eigenvalue weighted by molar-refractivity contribution is 5.81. The zero-order valence-electron chi connectivity index (χ0n) is 12.1. The molecule has 1 rings (SSSR count). The van der Waals surface area contributed by atoms with Gasteiger partial charge in [0.25, 0.3) is 0 Å². The molecule has 1 atom stereocenters. The molecule has 0 aromatic heterocycles. The standard InChI is InChI=1S/C15H23N3O2/c1-12(8-9-13-6-4-3-5-7-13)18-15(20)11-17-10-14(19)16-2/h3-7,12,17H,8-11H2,1-2H3,(H,16,19)(H,18,20)/t12-/m0/s1. The Morgan fingerprint density at radius 2 is 1.75 bits per heavy atom. The van der Waals surface area contributed by atoms with Crippen molar-refractivity contribution in [2.24, 2.45) is 0 Å². The van der Waals surface area contributed by atoms with Crippen molar-refractivity contribution in [2.45, 2.75) is 25.8 Å². The number of benzene rings is 1. The molecule has 0 heterocycles. The van der Waals surface area contributed by atoms with E-state index in [1.165, 1.54) is 5.56 Å². The van der Waals surface area contributed by atoms with E-state index >= 15 is 0 Å². The van der Waals surface area contributed by atoms with Gasteiger partial charge in [0.05, 0.1) is 13.1 Å². The molecular formula is C15H23N3O2. The van der Waals surface area contributed by atoms with Gasteiger partial charge in [0.15, 0.2) is 0 Å². The first kappa shape index (κ1) is 16.2. The third-order valence-electron chi connectivity index (χ3n) is 2.97. The molecule has 3 N–H and O–H groups in total. The van der Waals surface area contributed by atoms with Crippen molar-refractivity contribution in [2.75, 3.05) is 20.1 Å². The molecule has 0 aliphatic carbocycles. The van der Waals surface area contributed by atoms with Crippen molar-refractivity contribution in [3.63, 3.8) is 0 Å². The molecule has 1 aromatic carbocycles. The largest absolute Gasteiger partial charge is 0.358 e. The normalized spacial score (nSPS) is 11.7. The lowest BCUT2D eigenvalue weighted by atomic mass is 10.1. The van der Waals surface area contributed by atoms with E-state index in [0.29, 0.717) is 0 Å². The van der Waals surface area contributed by atoms with E-state index in [1.54, 1.807) is 7.05 Å². The zero-order valence-corrected chi connectivity index (χ0v) is 12.1. The highest BCUT2D eigenvalue weighted by Gasteiger charge is 2.07. The Hall–Kier alpha value is -1.88. The van der Waals surface area contributed by atoms with Gasteiger partial charge < -0.3 is 10.6 Å². The molecule has 5 nitrogen and oxygen atoms in total. The summed E-state index contributed by atoms with van der Waals surface area (Å²) in [5, 5.41) is 8.18. The third-order valence-corrected chi connectivity index (χ3v) is 2.97. The fourth-order valence-corrected chi connectivity index (χ4v) is 1.80. The quantitative estimate of drug-likeness (QED) is 0.646. The van der Waals surface area contributed by atoms with Crippen molar-refractivity contribution < 1.29 is 9.59 Å². The van der Waals surface area contributed by atoms with Crippen LogP contribution in [0.15, 0.2) is 30.3 Å².